The summed E-state index contributed by atoms with van der Waals surface area (Å²) >= 11 is 5.02. The van der Waals surface area contributed by atoms with Crippen LogP contribution in [-0.4, -0.2) is 4.37 Å². The highest BCUT2D eigenvalue weighted by Gasteiger charge is 2.17. The summed E-state index contributed by atoms with van der Waals surface area (Å²) in [5.74, 6) is 0.751. The molecule has 0 aliphatic heterocycles. The van der Waals surface area contributed by atoms with Crippen molar-refractivity contribution in [3.63, 3.8) is 0 Å². The minimum atomic E-state index is 0.751. The van der Waals surface area contributed by atoms with Gasteiger partial charge in [-0.1, -0.05) is 19.3 Å². The maximum atomic E-state index is 4.43. The summed E-state index contributed by atoms with van der Waals surface area (Å²) < 4.78 is 5.60. The lowest BCUT2D eigenvalue weighted by molar-refractivity contribution is 0.439. The smallest absolute Gasteiger partial charge is 0.0908 e. The number of hydrogen-bond donors (Lipinski definition) is 0. The van der Waals surface area contributed by atoms with E-state index in [0.717, 1.165) is 5.92 Å². The van der Waals surface area contributed by atoms with Crippen molar-refractivity contribution < 1.29 is 0 Å². The number of aromatic nitrogens is 1. The monoisotopic (exact) mass is 245 g/mol. The Morgan fingerprint density at radius 1 is 1.33 bits per heavy atom. The largest absolute Gasteiger partial charge is 0.196 e. The Hall–Kier alpha value is 0.110. The Balaban J connectivity index is 2.08. The molecule has 0 bridgehead atoms. The van der Waals surface area contributed by atoms with Crippen molar-refractivity contribution >= 4 is 27.5 Å². The molecule has 1 saturated carbocycles. The minimum absolute atomic E-state index is 0.751. The molecule has 1 aliphatic carbocycles. The van der Waals surface area contributed by atoms with Gasteiger partial charge in [0, 0.05) is 5.92 Å². The van der Waals surface area contributed by atoms with E-state index in [1.165, 1.54) is 41.6 Å². The molecule has 0 N–H and O–H groups in total. The average molecular weight is 246 g/mol. The van der Waals surface area contributed by atoms with Crippen LogP contribution in [0.4, 0.5) is 0 Å². The van der Waals surface area contributed by atoms with Crippen LogP contribution in [0.5, 0.6) is 0 Å². The summed E-state index contributed by atoms with van der Waals surface area (Å²) in [4.78, 5) is 0. The van der Waals surface area contributed by atoms with Crippen molar-refractivity contribution in [1.29, 1.82) is 0 Å². The summed E-state index contributed by atoms with van der Waals surface area (Å²) in [6, 6.07) is 2.18. The minimum Gasteiger partial charge on any atom is -0.196 e. The lowest BCUT2D eigenvalue weighted by Crippen LogP contribution is -2.04. The summed E-state index contributed by atoms with van der Waals surface area (Å²) in [5, 5.41) is 0. The first-order valence-corrected chi connectivity index (χ1v) is 6.05. The molecule has 66 valence electrons. The highest BCUT2D eigenvalue weighted by atomic mass is 79.9. The van der Waals surface area contributed by atoms with Crippen LogP contribution in [-0.2, 0) is 0 Å². The molecule has 0 atom stereocenters. The second-order valence-electron chi connectivity index (χ2n) is 3.39. The molecule has 1 aromatic rings. The van der Waals surface area contributed by atoms with Gasteiger partial charge in [-0.05, 0) is 46.4 Å². The van der Waals surface area contributed by atoms with Crippen molar-refractivity contribution in [2.45, 2.75) is 38.0 Å². The third kappa shape index (κ3) is 1.88. The quantitative estimate of drug-likeness (QED) is 0.731. The van der Waals surface area contributed by atoms with Crippen LogP contribution in [0, 0.1) is 0 Å². The van der Waals surface area contributed by atoms with Gasteiger partial charge in [0.1, 0.15) is 0 Å². The second-order valence-corrected chi connectivity index (χ2v) is 5.58. The van der Waals surface area contributed by atoms with Crippen molar-refractivity contribution in [2.75, 3.05) is 0 Å². The Kier molecular flexibility index (Phi) is 2.81. The van der Waals surface area contributed by atoms with E-state index in [9.17, 15) is 0 Å². The molecule has 1 heterocycles. The molecule has 1 aliphatic rings. The van der Waals surface area contributed by atoms with Gasteiger partial charge in [0.05, 0.1) is 9.48 Å². The van der Waals surface area contributed by atoms with Crippen LogP contribution in [0.25, 0.3) is 0 Å². The maximum Gasteiger partial charge on any atom is 0.0908 e. The van der Waals surface area contributed by atoms with E-state index in [1.54, 1.807) is 11.5 Å². The molecule has 0 saturated heterocycles. The molecule has 1 aromatic heterocycles. The van der Waals surface area contributed by atoms with Crippen molar-refractivity contribution in [1.82, 2.24) is 4.37 Å². The van der Waals surface area contributed by atoms with E-state index in [2.05, 4.69) is 26.4 Å². The number of nitrogens with zero attached hydrogens (tertiary/aromatic N) is 1. The summed E-state index contributed by atoms with van der Waals surface area (Å²) in [5.41, 5.74) is 1.31. The number of hydrogen-bond acceptors (Lipinski definition) is 2. The molecule has 12 heavy (non-hydrogen) atoms. The van der Waals surface area contributed by atoms with Crippen LogP contribution >= 0.6 is 27.5 Å². The van der Waals surface area contributed by atoms with Crippen LogP contribution in [0.15, 0.2) is 9.85 Å². The predicted molar refractivity (Wildman–Crippen MR) is 55.6 cm³/mol. The highest BCUT2D eigenvalue weighted by molar-refractivity contribution is 9.11. The molecule has 0 amide bonds. The third-order valence-electron chi connectivity index (χ3n) is 2.52. The zero-order valence-corrected chi connectivity index (χ0v) is 9.33. The van der Waals surface area contributed by atoms with Crippen LogP contribution in [0.1, 0.15) is 43.7 Å². The first-order valence-electron chi connectivity index (χ1n) is 4.48. The fourth-order valence-electron chi connectivity index (χ4n) is 1.86. The van der Waals surface area contributed by atoms with Gasteiger partial charge < -0.3 is 0 Å². The molecule has 1 nitrogen and oxygen atoms in total. The van der Waals surface area contributed by atoms with Crippen molar-refractivity contribution in [3.8, 4) is 0 Å². The van der Waals surface area contributed by atoms with E-state index >= 15 is 0 Å². The predicted octanol–water partition coefficient (Wildman–Crippen LogP) is 3.95. The Morgan fingerprint density at radius 3 is 2.67 bits per heavy atom. The molecule has 2 rings (SSSR count). The van der Waals surface area contributed by atoms with Gasteiger partial charge in [0.15, 0.2) is 0 Å². The summed E-state index contributed by atoms with van der Waals surface area (Å²) in [6.45, 7) is 0. The molecule has 1 fully saturated rings. The lowest BCUT2D eigenvalue weighted by atomic mass is 9.87. The van der Waals surface area contributed by atoms with Gasteiger partial charge in [0.25, 0.3) is 0 Å². The normalized spacial score (nSPS) is 19.8. The van der Waals surface area contributed by atoms with Crippen molar-refractivity contribution in [2.24, 2.45) is 0 Å². The van der Waals surface area contributed by atoms with E-state index in [4.69, 9.17) is 0 Å². The van der Waals surface area contributed by atoms with Gasteiger partial charge in [0.2, 0.25) is 0 Å². The van der Waals surface area contributed by atoms with Crippen LogP contribution < -0.4 is 0 Å². The third-order valence-corrected chi connectivity index (χ3v) is 3.78. The molecular weight excluding hydrogens is 234 g/mol. The number of halogens is 1. The van der Waals surface area contributed by atoms with Crippen LogP contribution in [0.3, 0.4) is 0 Å². The van der Waals surface area contributed by atoms with Gasteiger partial charge in [-0.3, -0.25) is 0 Å². The fourth-order valence-corrected chi connectivity index (χ4v) is 2.88. The average Bonchev–Trinajstić information content (AvgIpc) is 2.54. The second kappa shape index (κ2) is 3.88. The van der Waals surface area contributed by atoms with Gasteiger partial charge in [-0.15, -0.1) is 0 Å². The van der Waals surface area contributed by atoms with Crippen molar-refractivity contribution in [3.05, 3.63) is 15.5 Å². The Labute approximate surface area is 85.5 Å². The zero-order valence-electron chi connectivity index (χ0n) is 6.92. The lowest BCUT2D eigenvalue weighted by Gasteiger charge is -2.19. The molecule has 0 unspecified atom stereocenters. The molecule has 0 radical (unpaired) electrons. The van der Waals surface area contributed by atoms with E-state index < -0.39 is 0 Å². The number of rotatable bonds is 1. The first kappa shape index (κ1) is 8.70. The molecule has 0 aromatic carbocycles. The van der Waals surface area contributed by atoms with E-state index in [0.29, 0.717) is 0 Å². The Morgan fingerprint density at radius 2 is 2.08 bits per heavy atom. The summed E-state index contributed by atoms with van der Waals surface area (Å²) in [6.07, 6.45) is 6.88. The van der Waals surface area contributed by atoms with Crippen LogP contribution in [0.2, 0.25) is 0 Å². The highest BCUT2D eigenvalue weighted by Crippen LogP contribution is 2.33. The van der Waals surface area contributed by atoms with Gasteiger partial charge >= 0.3 is 0 Å². The summed E-state index contributed by atoms with van der Waals surface area (Å²) in [7, 11) is 0. The van der Waals surface area contributed by atoms with Gasteiger partial charge in [-0.2, -0.15) is 4.37 Å². The fraction of sp³-hybridized carbons (Fsp3) is 0.667. The van der Waals surface area contributed by atoms with Gasteiger partial charge in [-0.25, -0.2) is 0 Å². The molecule has 0 spiro atoms. The zero-order chi connectivity index (χ0) is 8.39. The topological polar surface area (TPSA) is 12.9 Å². The first-order chi connectivity index (χ1) is 5.86. The Bertz CT molecular complexity index is 253. The standard InChI is InChI=1S/C9H12BrNS/c10-9-6-8(11-12-9)7-4-2-1-3-5-7/h6-7H,1-5H2. The molecule has 3 heteroatoms. The van der Waals surface area contributed by atoms with E-state index in [-0.39, 0.29) is 0 Å². The molecular formula is C9H12BrNS. The van der Waals surface area contributed by atoms with E-state index in [1.807, 2.05) is 0 Å². The SMILES string of the molecule is Brc1cc(C2CCCCC2)ns1. The maximum absolute atomic E-state index is 4.43.